The summed E-state index contributed by atoms with van der Waals surface area (Å²) < 4.78 is 5.24. The maximum Gasteiger partial charge on any atom is 0.246 e. The second-order valence-corrected chi connectivity index (χ2v) is 6.88. The molecule has 0 heterocycles. The molecule has 0 spiro atoms. The van der Waals surface area contributed by atoms with Crippen LogP contribution in [0.4, 0.5) is 5.69 Å². The van der Waals surface area contributed by atoms with E-state index in [1.54, 1.807) is 7.11 Å². The highest BCUT2D eigenvalue weighted by atomic mass is 16.5. The maximum atomic E-state index is 13.0. The number of amides is 1. The Bertz CT molecular complexity index is 771. The topological polar surface area (TPSA) is 50.4 Å². The molecule has 0 saturated carbocycles. The van der Waals surface area contributed by atoms with Gasteiger partial charge in [-0.05, 0) is 56.3 Å². The maximum absolute atomic E-state index is 13.0. The summed E-state index contributed by atoms with van der Waals surface area (Å²) in [6.45, 7) is 0.789. The quantitative estimate of drug-likeness (QED) is 0.658. The van der Waals surface area contributed by atoms with E-state index in [-0.39, 0.29) is 11.9 Å². The van der Waals surface area contributed by atoms with Gasteiger partial charge < -0.3 is 15.4 Å². The average molecular weight is 364 g/mol. The normalized spacial score (nSPS) is 14.9. The fraction of sp³-hybridized carbons (Fsp3) is 0.348. The molecular weight excluding hydrogens is 336 g/mol. The fourth-order valence-corrected chi connectivity index (χ4v) is 3.43. The van der Waals surface area contributed by atoms with Crippen LogP contribution in [0.3, 0.4) is 0 Å². The van der Waals surface area contributed by atoms with Crippen molar-refractivity contribution in [2.24, 2.45) is 0 Å². The first-order valence-electron chi connectivity index (χ1n) is 9.67. The number of rotatable bonds is 8. The Morgan fingerprint density at radius 1 is 1.11 bits per heavy atom. The molecule has 2 N–H and O–H groups in total. The second kappa shape index (κ2) is 9.93. The van der Waals surface area contributed by atoms with Gasteiger partial charge in [-0.2, -0.15) is 0 Å². The van der Waals surface area contributed by atoms with Crippen LogP contribution in [0.2, 0.25) is 0 Å². The van der Waals surface area contributed by atoms with E-state index in [0.717, 1.165) is 30.0 Å². The molecule has 27 heavy (non-hydrogen) atoms. The molecule has 3 rings (SSSR count). The average Bonchev–Trinajstić information content (AvgIpc) is 2.72. The van der Waals surface area contributed by atoms with Gasteiger partial charge in [0.2, 0.25) is 5.91 Å². The molecule has 1 amide bonds. The van der Waals surface area contributed by atoms with Crippen molar-refractivity contribution in [3.8, 4) is 5.75 Å². The molecule has 4 nitrogen and oxygen atoms in total. The van der Waals surface area contributed by atoms with E-state index in [9.17, 15) is 4.79 Å². The Morgan fingerprint density at radius 2 is 1.96 bits per heavy atom. The number of hydrogen-bond acceptors (Lipinski definition) is 3. The van der Waals surface area contributed by atoms with Crippen LogP contribution in [0.25, 0.3) is 0 Å². The molecule has 0 fully saturated rings. The number of allylic oxidation sites excluding steroid dienone is 1. The number of anilines is 1. The highest BCUT2D eigenvalue weighted by Crippen LogP contribution is 2.22. The first-order valence-corrected chi connectivity index (χ1v) is 9.67. The lowest BCUT2D eigenvalue weighted by molar-refractivity contribution is -0.118. The number of carbonyl (C=O) groups excluding carboxylic acids is 1. The minimum Gasteiger partial charge on any atom is -0.497 e. The van der Waals surface area contributed by atoms with Crippen molar-refractivity contribution in [2.45, 2.75) is 38.1 Å². The monoisotopic (exact) mass is 364 g/mol. The third kappa shape index (κ3) is 5.69. The minimum absolute atomic E-state index is 0.0629. The number of benzene rings is 2. The number of carbonyl (C=O) groups is 1. The van der Waals surface area contributed by atoms with Gasteiger partial charge in [0, 0.05) is 11.8 Å². The zero-order chi connectivity index (χ0) is 18.9. The molecule has 2 aromatic carbocycles. The molecule has 2 aromatic rings. The van der Waals surface area contributed by atoms with Crippen LogP contribution < -0.4 is 15.4 Å². The van der Waals surface area contributed by atoms with Crippen molar-refractivity contribution in [2.75, 3.05) is 19.0 Å². The van der Waals surface area contributed by atoms with Crippen molar-refractivity contribution in [1.29, 1.82) is 0 Å². The molecular formula is C23H28N2O2. The van der Waals surface area contributed by atoms with Crippen LogP contribution in [0.5, 0.6) is 5.75 Å². The fourth-order valence-electron chi connectivity index (χ4n) is 3.43. The first-order chi connectivity index (χ1) is 13.3. The van der Waals surface area contributed by atoms with Crippen LogP contribution in [-0.4, -0.2) is 19.6 Å². The summed E-state index contributed by atoms with van der Waals surface area (Å²) in [7, 11) is 1.62. The number of hydrogen-bond donors (Lipinski definition) is 2. The van der Waals surface area contributed by atoms with Crippen LogP contribution in [-0.2, 0) is 4.79 Å². The highest BCUT2D eigenvalue weighted by molar-refractivity contribution is 5.95. The van der Waals surface area contributed by atoms with Gasteiger partial charge in [-0.25, -0.2) is 0 Å². The van der Waals surface area contributed by atoms with Gasteiger partial charge in [0.05, 0.1) is 7.11 Å². The molecule has 4 heteroatoms. The second-order valence-electron chi connectivity index (χ2n) is 6.88. The summed E-state index contributed by atoms with van der Waals surface area (Å²) in [6.07, 6.45) is 8.31. The Labute approximate surface area is 161 Å². The number of nitrogens with one attached hydrogen (secondary N) is 2. The molecule has 1 atom stereocenters. The smallest absolute Gasteiger partial charge is 0.246 e. The van der Waals surface area contributed by atoms with Crippen LogP contribution in [0, 0.1) is 0 Å². The molecule has 1 aliphatic carbocycles. The summed E-state index contributed by atoms with van der Waals surface area (Å²) in [5, 5.41) is 6.46. The standard InChI is InChI=1S/C23H28N2O2/c1-27-21-14-8-13-20(17-21)25-23(26)22(19-11-6-3-7-12-19)24-16-15-18-9-4-2-5-10-18/h3,6-9,11-14,17,22,24H,2,4-5,10,15-16H2,1H3,(H,25,26)/t22-/m0/s1. The first kappa shape index (κ1) is 19.2. The Hall–Kier alpha value is -2.59. The van der Waals surface area contributed by atoms with Crippen molar-refractivity contribution in [1.82, 2.24) is 5.32 Å². The summed E-state index contributed by atoms with van der Waals surface area (Å²) in [4.78, 5) is 13.0. The lowest BCUT2D eigenvalue weighted by atomic mass is 9.97. The van der Waals surface area contributed by atoms with E-state index >= 15 is 0 Å². The molecule has 0 aliphatic heterocycles. The zero-order valence-corrected chi connectivity index (χ0v) is 15.9. The Morgan fingerprint density at radius 3 is 2.70 bits per heavy atom. The van der Waals surface area contributed by atoms with Crippen molar-refractivity contribution in [3.63, 3.8) is 0 Å². The van der Waals surface area contributed by atoms with Crippen LogP contribution in [0.15, 0.2) is 66.2 Å². The number of methoxy groups -OCH3 is 1. The lowest BCUT2D eigenvalue weighted by Crippen LogP contribution is -2.33. The van der Waals surface area contributed by atoms with Gasteiger partial charge in [0.25, 0.3) is 0 Å². The summed E-state index contributed by atoms with van der Waals surface area (Å²) in [6, 6.07) is 16.9. The third-order valence-corrected chi connectivity index (χ3v) is 4.91. The molecule has 1 aliphatic rings. The Balaban J connectivity index is 1.67. The minimum atomic E-state index is -0.387. The molecule has 0 bridgehead atoms. The van der Waals surface area contributed by atoms with Gasteiger partial charge in [-0.3, -0.25) is 4.79 Å². The SMILES string of the molecule is COc1cccc(NC(=O)[C@@H](NCCC2=CCCCC2)c2ccccc2)c1. The van der Waals surface area contributed by atoms with E-state index in [2.05, 4.69) is 16.7 Å². The number of ether oxygens (including phenoxy) is 1. The zero-order valence-electron chi connectivity index (χ0n) is 15.9. The van der Waals surface area contributed by atoms with Crippen molar-refractivity contribution in [3.05, 3.63) is 71.8 Å². The van der Waals surface area contributed by atoms with Gasteiger partial charge in [-0.1, -0.05) is 48.0 Å². The van der Waals surface area contributed by atoms with E-state index in [1.165, 1.54) is 31.3 Å². The molecule has 0 unspecified atom stereocenters. The van der Waals surface area contributed by atoms with E-state index in [4.69, 9.17) is 4.74 Å². The van der Waals surface area contributed by atoms with E-state index in [1.807, 2.05) is 54.6 Å². The van der Waals surface area contributed by atoms with Crippen LogP contribution in [0.1, 0.15) is 43.7 Å². The summed E-state index contributed by atoms with van der Waals surface area (Å²) >= 11 is 0. The summed E-state index contributed by atoms with van der Waals surface area (Å²) in [5.74, 6) is 0.660. The third-order valence-electron chi connectivity index (χ3n) is 4.91. The van der Waals surface area contributed by atoms with Crippen LogP contribution >= 0.6 is 0 Å². The van der Waals surface area contributed by atoms with Gasteiger partial charge in [0.15, 0.2) is 0 Å². The van der Waals surface area contributed by atoms with Gasteiger partial charge >= 0.3 is 0 Å². The summed E-state index contributed by atoms with van der Waals surface area (Å²) in [5.41, 5.74) is 3.21. The molecule has 0 radical (unpaired) electrons. The van der Waals surface area contributed by atoms with E-state index < -0.39 is 0 Å². The van der Waals surface area contributed by atoms with Gasteiger partial charge in [0.1, 0.15) is 11.8 Å². The molecule has 0 saturated heterocycles. The molecule has 0 aromatic heterocycles. The lowest BCUT2D eigenvalue weighted by Gasteiger charge is -2.20. The highest BCUT2D eigenvalue weighted by Gasteiger charge is 2.20. The predicted octanol–water partition coefficient (Wildman–Crippen LogP) is 4.86. The Kier molecular flexibility index (Phi) is 7.05. The largest absolute Gasteiger partial charge is 0.497 e. The van der Waals surface area contributed by atoms with Gasteiger partial charge in [-0.15, -0.1) is 0 Å². The molecule has 142 valence electrons. The van der Waals surface area contributed by atoms with E-state index in [0.29, 0.717) is 0 Å². The van der Waals surface area contributed by atoms with Crippen molar-refractivity contribution >= 4 is 11.6 Å². The predicted molar refractivity (Wildman–Crippen MR) is 110 cm³/mol. The van der Waals surface area contributed by atoms with Crippen molar-refractivity contribution < 1.29 is 9.53 Å².